The summed E-state index contributed by atoms with van der Waals surface area (Å²) in [6.45, 7) is 2.08. The van der Waals surface area contributed by atoms with Gasteiger partial charge in [0.2, 0.25) is 5.89 Å². The summed E-state index contributed by atoms with van der Waals surface area (Å²) in [7, 11) is 0. The van der Waals surface area contributed by atoms with Crippen LogP contribution in [0.2, 0.25) is 0 Å². The molecule has 0 saturated carbocycles. The number of nitrogens with zero attached hydrogens (tertiary/aromatic N) is 2. The molecule has 2 N–H and O–H groups in total. The van der Waals surface area contributed by atoms with E-state index in [4.69, 9.17) is 9.52 Å². The Morgan fingerprint density at radius 3 is 2.89 bits per heavy atom. The summed E-state index contributed by atoms with van der Waals surface area (Å²) in [6.07, 6.45) is 2.34. The first-order chi connectivity index (χ1) is 9.10. The van der Waals surface area contributed by atoms with Crippen molar-refractivity contribution in [2.45, 2.75) is 19.9 Å². The molecule has 2 heterocycles. The van der Waals surface area contributed by atoms with Crippen LogP contribution in [-0.4, -0.2) is 27.0 Å². The molecule has 19 heavy (non-hydrogen) atoms. The van der Waals surface area contributed by atoms with E-state index in [9.17, 15) is 9.59 Å². The molecule has 0 aliphatic carbocycles. The van der Waals surface area contributed by atoms with Crippen molar-refractivity contribution in [2.24, 2.45) is 0 Å². The zero-order chi connectivity index (χ0) is 13.8. The molecule has 2 aromatic heterocycles. The van der Waals surface area contributed by atoms with E-state index in [1.165, 1.54) is 5.38 Å². The minimum absolute atomic E-state index is 0.0969. The van der Waals surface area contributed by atoms with Gasteiger partial charge in [-0.15, -0.1) is 11.3 Å². The molecular formula is C11H11N3O4S. The Bertz CT molecular complexity index is 605. The van der Waals surface area contributed by atoms with Crippen LogP contribution in [0.15, 0.2) is 16.0 Å². The molecule has 0 aromatic carbocycles. The fourth-order valence-corrected chi connectivity index (χ4v) is 2.01. The number of carboxylic acids is 1. The molecule has 7 nitrogen and oxygen atoms in total. The molecular weight excluding hydrogens is 270 g/mol. The number of carbonyl (C=O) groups excluding carboxylic acids is 1. The predicted octanol–water partition coefficient (Wildman–Crippen LogP) is 1.32. The van der Waals surface area contributed by atoms with Gasteiger partial charge in [0.1, 0.15) is 5.76 Å². The number of nitrogens with one attached hydrogen (secondary N) is 1. The van der Waals surface area contributed by atoms with Gasteiger partial charge in [0.05, 0.1) is 12.7 Å². The fraction of sp³-hybridized carbons (Fsp3) is 0.273. The van der Waals surface area contributed by atoms with Gasteiger partial charge < -0.3 is 14.8 Å². The van der Waals surface area contributed by atoms with Crippen molar-refractivity contribution in [2.75, 3.05) is 0 Å². The van der Waals surface area contributed by atoms with E-state index >= 15 is 0 Å². The molecule has 0 spiro atoms. The van der Waals surface area contributed by atoms with Crippen molar-refractivity contribution in [3.05, 3.63) is 33.9 Å². The first-order valence-electron chi connectivity index (χ1n) is 5.50. The highest BCUT2D eigenvalue weighted by atomic mass is 32.1. The molecule has 2 aromatic rings. The lowest BCUT2D eigenvalue weighted by Gasteiger charge is -1.98. The minimum Gasteiger partial charge on any atom is -0.476 e. The number of aromatic nitrogens is 2. The lowest BCUT2D eigenvalue weighted by atomic mass is 10.4. The minimum atomic E-state index is -1.16. The molecule has 100 valence electrons. The Kier molecular flexibility index (Phi) is 3.91. The summed E-state index contributed by atoms with van der Waals surface area (Å²) in [4.78, 5) is 30.0. The van der Waals surface area contributed by atoms with Crippen LogP contribution in [0.3, 0.4) is 0 Å². The van der Waals surface area contributed by atoms with Crippen LogP contribution in [0.1, 0.15) is 38.9 Å². The van der Waals surface area contributed by atoms with Crippen LogP contribution in [0, 0.1) is 0 Å². The second-order valence-corrected chi connectivity index (χ2v) is 4.46. The Labute approximate surface area is 112 Å². The van der Waals surface area contributed by atoms with E-state index in [-0.39, 0.29) is 17.2 Å². The molecule has 8 heteroatoms. The van der Waals surface area contributed by atoms with Crippen molar-refractivity contribution < 1.29 is 19.1 Å². The first-order valence-corrected chi connectivity index (χ1v) is 6.38. The van der Waals surface area contributed by atoms with E-state index in [1.807, 2.05) is 6.92 Å². The van der Waals surface area contributed by atoms with Crippen LogP contribution in [-0.2, 0) is 13.0 Å². The fourth-order valence-electron chi connectivity index (χ4n) is 1.30. The van der Waals surface area contributed by atoms with Gasteiger partial charge in [0.25, 0.3) is 5.91 Å². The van der Waals surface area contributed by atoms with Crippen LogP contribution >= 0.6 is 11.3 Å². The highest BCUT2D eigenvalue weighted by Gasteiger charge is 2.15. The standard InChI is InChI=1S/C11H11N3O4S/c1-2-6-3-12-8(18-6)4-13-9(15)10-14-7(5-19-10)11(16)17/h3,5H,2,4H2,1H3,(H,13,15)(H,16,17). The van der Waals surface area contributed by atoms with Crippen molar-refractivity contribution in [3.63, 3.8) is 0 Å². The van der Waals surface area contributed by atoms with Gasteiger partial charge in [-0.3, -0.25) is 4.79 Å². The van der Waals surface area contributed by atoms with Crippen LogP contribution < -0.4 is 5.32 Å². The average Bonchev–Trinajstić information content (AvgIpc) is 3.04. The Hall–Kier alpha value is -2.22. The SMILES string of the molecule is CCc1cnc(CNC(=O)c2nc(C(=O)O)cs2)o1. The lowest BCUT2D eigenvalue weighted by Crippen LogP contribution is -2.23. The molecule has 0 atom stereocenters. The maximum absolute atomic E-state index is 11.7. The first kappa shape index (κ1) is 13.2. The summed E-state index contributed by atoms with van der Waals surface area (Å²) in [6, 6.07) is 0. The van der Waals surface area contributed by atoms with Crippen molar-refractivity contribution in [1.29, 1.82) is 0 Å². The number of carboxylic acid groups (broad SMARTS) is 1. The maximum atomic E-state index is 11.7. The summed E-state index contributed by atoms with van der Waals surface area (Å²) in [5, 5.41) is 12.7. The summed E-state index contributed by atoms with van der Waals surface area (Å²) < 4.78 is 5.33. The Balaban J connectivity index is 1.95. The number of aryl methyl sites for hydroxylation is 1. The number of carbonyl (C=O) groups is 2. The third-order valence-corrected chi connectivity index (χ3v) is 3.11. The van der Waals surface area contributed by atoms with E-state index < -0.39 is 11.9 Å². The number of aromatic carboxylic acids is 1. The highest BCUT2D eigenvalue weighted by Crippen LogP contribution is 2.10. The van der Waals surface area contributed by atoms with Gasteiger partial charge in [-0.25, -0.2) is 14.8 Å². The molecule has 0 fully saturated rings. The van der Waals surface area contributed by atoms with Crippen LogP contribution in [0.4, 0.5) is 0 Å². The second-order valence-electron chi connectivity index (χ2n) is 3.60. The molecule has 0 aliphatic heterocycles. The van der Waals surface area contributed by atoms with Crippen LogP contribution in [0.25, 0.3) is 0 Å². The number of hydrogen-bond acceptors (Lipinski definition) is 6. The van der Waals surface area contributed by atoms with E-state index in [0.717, 1.165) is 23.5 Å². The van der Waals surface area contributed by atoms with Gasteiger partial charge in [-0.1, -0.05) is 6.92 Å². The van der Waals surface area contributed by atoms with E-state index in [0.29, 0.717) is 5.89 Å². The summed E-state index contributed by atoms with van der Waals surface area (Å²) >= 11 is 0.976. The van der Waals surface area contributed by atoms with Crippen molar-refractivity contribution >= 4 is 23.2 Å². The zero-order valence-electron chi connectivity index (χ0n) is 10.0. The largest absolute Gasteiger partial charge is 0.476 e. The number of thiazole rings is 1. The smallest absolute Gasteiger partial charge is 0.355 e. The topological polar surface area (TPSA) is 105 Å². The van der Waals surface area contributed by atoms with Gasteiger partial charge in [-0.2, -0.15) is 0 Å². The van der Waals surface area contributed by atoms with Gasteiger partial charge >= 0.3 is 5.97 Å². The zero-order valence-corrected chi connectivity index (χ0v) is 10.9. The Morgan fingerprint density at radius 2 is 2.32 bits per heavy atom. The van der Waals surface area contributed by atoms with Gasteiger partial charge in [-0.05, 0) is 0 Å². The Morgan fingerprint density at radius 1 is 1.53 bits per heavy atom. The predicted molar refractivity (Wildman–Crippen MR) is 66.1 cm³/mol. The van der Waals surface area contributed by atoms with Crippen molar-refractivity contribution in [1.82, 2.24) is 15.3 Å². The lowest BCUT2D eigenvalue weighted by molar-refractivity contribution is 0.0691. The maximum Gasteiger partial charge on any atom is 0.355 e. The van der Waals surface area contributed by atoms with Crippen molar-refractivity contribution in [3.8, 4) is 0 Å². The number of hydrogen-bond donors (Lipinski definition) is 2. The average molecular weight is 281 g/mol. The summed E-state index contributed by atoms with van der Waals surface area (Å²) in [5.74, 6) is -0.462. The van der Waals surface area contributed by atoms with E-state index in [1.54, 1.807) is 6.20 Å². The molecule has 0 radical (unpaired) electrons. The van der Waals surface area contributed by atoms with Gasteiger partial charge in [0, 0.05) is 11.8 Å². The number of rotatable bonds is 5. The molecule has 1 amide bonds. The number of oxazole rings is 1. The molecule has 0 unspecified atom stereocenters. The molecule has 0 bridgehead atoms. The van der Waals surface area contributed by atoms with E-state index in [2.05, 4.69) is 15.3 Å². The molecule has 0 saturated heterocycles. The second kappa shape index (κ2) is 5.61. The van der Waals surface area contributed by atoms with Crippen LogP contribution in [0.5, 0.6) is 0 Å². The third kappa shape index (κ3) is 3.16. The quantitative estimate of drug-likeness (QED) is 0.856. The highest BCUT2D eigenvalue weighted by molar-refractivity contribution is 7.11. The molecule has 0 aliphatic rings. The molecule has 2 rings (SSSR count). The van der Waals surface area contributed by atoms with Gasteiger partial charge in [0.15, 0.2) is 10.7 Å². The summed E-state index contributed by atoms with van der Waals surface area (Å²) in [5.41, 5.74) is -0.139. The third-order valence-electron chi connectivity index (χ3n) is 2.27. The monoisotopic (exact) mass is 281 g/mol. The number of amides is 1. The normalized spacial score (nSPS) is 10.4.